The van der Waals surface area contributed by atoms with E-state index in [1.165, 1.54) is 0 Å². The first-order chi connectivity index (χ1) is 4.88. The lowest BCUT2D eigenvalue weighted by molar-refractivity contribution is 1.05. The second-order valence-corrected chi connectivity index (χ2v) is 2.35. The largest absolute Gasteiger partial charge is 0.294 e. The lowest BCUT2D eigenvalue weighted by Gasteiger charge is -2.00. The van der Waals surface area contributed by atoms with Crippen molar-refractivity contribution < 1.29 is 0 Å². The maximum Gasteiger partial charge on any atom is 0.109 e. The minimum Gasteiger partial charge on any atom is -0.294 e. The Hall–Kier alpha value is -1.05. The summed E-state index contributed by atoms with van der Waals surface area (Å²) in [5.74, 6) is -0.129. The number of fused-ring (bicyclic) bond motifs is 1. The van der Waals surface area contributed by atoms with E-state index in [0.717, 1.165) is 11.1 Å². The van der Waals surface area contributed by atoms with Crippen LogP contribution in [0.5, 0.6) is 0 Å². The van der Waals surface area contributed by atoms with Gasteiger partial charge in [-0.2, -0.15) is 0 Å². The molecule has 0 saturated heterocycles. The molecule has 0 aliphatic carbocycles. The molecular formula is C8H6BN. The van der Waals surface area contributed by atoms with Gasteiger partial charge in [-0.25, -0.2) is 0 Å². The third-order valence-corrected chi connectivity index (χ3v) is 1.69. The SMILES string of the molecule is [B]C1N=Cc2ccccc21. The van der Waals surface area contributed by atoms with Crippen LogP contribution in [0.2, 0.25) is 0 Å². The minimum atomic E-state index is -0.129. The predicted octanol–water partition coefficient (Wildman–Crippen LogP) is 1.29. The van der Waals surface area contributed by atoms with Crippen LogP contribution in [0.15, 0.2) is 29.3 Å². The lowest BCUT2D eigenvalue weighted by Crippen LogP contribution is -1.89. The molecule has 46 valence electrons. The van der Waals surface area contributed by atoms with E-state index >= 15 is 0 Å². The Morgan fingerprint density at radius 2 is 2.10 bits per heavy atom. The van der Waals surface area contributed by atoms with Crippen molar-refractivity contribution in [2.75, 3.05) is 0 Å². The number of nitrogens with zero attached hydrogens (tertiary/aromatic N) is 1. The molecule has 0 saturated carbocycles. The van der Waals surface area contributed by atoms with E-state index in [-0.39, 0.29) is 5.94 Å². The van der Waals surface area contributed by atoms with Crippen molar-refractivity contribution in [2.24, 2.45) is 4.99 Å². The Morgan fingerprint density at radius 3 is 2.90 bits per heavy atom. The zero-order chi connectivity index (χ0) is 6.97. The van der Waals surface area contributed by atoms with Crippen molar-refractivity contribution in [1.82, 2.24) is 0 Å². The first kappa shape index (κ1) is 5.72. The van der Waals surface area contributed by atoms with Crippen molar-refractivity contribution >= 4 is 14.1 Å². The van der Waals surface area contributed by atoms with Gasteiger partial charge in [0.05, 0.1) is 0 Å². The first-order valence-corrected chi connectivity index (χ1v) is 3.25. The van der Waals surface area contributed by atoms with Crippen LogP contribution >= 0.6 is 0 Å². The van der Waals surface area contributed by atoms with Gasteiger partial charge in [0.25, 0.3) is 0 Å². The van der Waals surface area contributed by atoms with Crippen LogP contribution in [0.25, 0.3) is 0 Å². The average Bonchev–Trinajstić information content (AvgIpc) is 2.34. The fraction of sp³-hybridized carbons (Fsp3) is 0.125. The Kier molecular flexibility index (Phi) is 1.13. The maximum atomic E-state index is 5.65. The van der Waals surface area contributed by atoms with Crippen LogP contribution in [-0.2, 0) is 0 Å². The van der Waals surface area contributed by atoms with Gasteiger partial charge in [0.15, 0.2) is 0 Å². The molecule has 2 rings (SSSR count). The normalized spacial score (nSPS) is 21.0. The molecule has 0 bridgehead atoms. The Bertz CT molecular complexity index is 280. The summed E-state index contributed by atoms with van der Waals surface area (Å²) in [6.45, 7) is 0. The summed E-state index contributed by atoms with van der Waals surface area (Å²) in [5.41, 5.74) is 2.28. The fourth-order valence-electron chi connectivity index (χ4n) is 1.14. The van der Waals surface area contributed by atoms with Crippen LogP contribution in [0.4, 0.5) is 0 Å². The number of aliphatic imine (C=N–C) groups is 1. The van der Waals surface area contributed by atoms with Gasteiger partial charge in [0, 0.05) is 12.2 Å². The van der Waals surface area contributed by atoms with Crippen molar-refractivity contribution in [3.63, 3.8) is 0 Å². The van der Waals surface area contributed by atoms with Gasteiger partial charge >= 0.3 is 0 Å². The molecule has 2 radical (unpaired) electrons. The Morgan fingerprint density at radius 1 is 1.30 bits per heavy atom. The van der Waals surface area contributed by atoms with E-state index in [1.54, 1.807) is 0 Å². The van der Waals surface area contributed by atoms with Gasteiger partial charge in [0.1, 0.15) is 7.85 Å². The van der Waals surface area contributed by atoms with Gasteiger partial charge in [-0.05, 0) is 11.1 Å². The van der Waals surface area contributed by atoms with Crippen LogP contribution in [0, 0.1) is 0 Å². The predicted molar refractivity (Wildman–Crippen MR) is 42.5 cm³/mol. The smallest absolute Gasteiger partial charge is 0.109 e. The van der Waals surface area contributed by atoms with E-state index in [9.17, 15) is 0 Å². The van der Waals surface area contributed by atoms with Crippen LogP contribution in [0.1, 0.15) is 17.1 Å². The fourth-order valence-corrected chi connectivity index (χ4v) is 1.14. The summed E-state index contributed by atoms with van der Waals surface area (Å²) in [7, 11) is 5.65. The lowest BCUT2D eigenvalue weighted by atomic mass is 9.89. The summed E-state index contributed by atoms with van der Waals surface area (Å²) in [4.78, 5) is 4.06. The van der Waals surface area contributed by atoms with Crippen molar-refractivity contribution in [3.05, 3.63) is 35.4 Å². The van der Waals surface area contributed by atoms with Gasteiger partial charge in [-0.3, -0.25) is 4.99 Å². The standard InChI is InChI=1S/C8H6BN/c9-8-7-4-2-1-3-6(7)5-10-8/h1-5,8H. The van der Waals surface area contributed by atoms with E-state index < -0.39 is 0 Å². The highest BCUT2D eigenvalue weighted by Crippen LogP contribution is 2.22. The molecule has 0 amide bonds. The zero-order valence-electron chi connectivity index (χ0n) is 5.49. The molecule has 2 heteroatoms. The molecule has 0 N–H and O–H groups in total. The molecule has 1 nitrogen and oxygen atoms in total. The molecule has 1 aromatic rings. The summed E-state index contributed by atoms with van der Waals surface area (Å²) >= 11 is 0. The highest BCUT2D eigenvalue weighted by molar-refractivity contribution is 6.15. The molecule has 0 spiro atoms. The molecule has 1 aromatic carbocycles. The topological polar surface area (TPSA) is 12.4 Å². The molecular weight excluding hydrogens is 121 g/mol. The molecule has 0 fully saturated rings. The maximum absolute atomic E-state index is 5.65. The number of rotatable bonds is 0. The third-order valence-electron chi connectivity index (χ3n) is 1.69. The van der Waals surface area contributed by atoms with Gasteiger partial charge < -0.3 is 0 Å². The van der Waals surface area contributed by atoms with Gasteiger partial charge in [-0.1, -0.05) is 24.3 Å². The summed E-state index contributed by atoms with van der Waals surface area (Å²) < 4.78 is 0. The Labute approximate surface area is 61.2 Å². The van der Waals surface area contributed by atoms with E-state index in [0.29, 0.717) is 0 Å². The first-order valence-electron chi connectivity index (χ1n) is 3.25. The highest BCUT2D eigenvalue weighted by Gasteiger charge is 2.10. The van der Waals surface area contributed by atoms with E-state index in [2.05, 4.69) is 4.99 Å². The van der Waals surface area contributed by atoms with Crippen molar-refractivity contribution in [3.8, 4) is 0 Å². The molecule has 1 heterocycles. The van der Waals surface area contributed by atoms with Crippen LogP contribution in [-0.4, -0.2) is 14.1 Å². The van der Waals surface area contributed by atoms with Crippen molar-refractivity contribution in [1.29, 1.82) is 0 Å². The second kappa shape index (κ2) is 1.98. The molecule has 1 aliphatic rings. The second-order valence-electron chi connectivity index (χ2n) is 2.35. The highest BCUT2D eigenvalue weighted by atomic mass is 14.8. The molecule has 1 aliphatic heterocycles. The number of benzene rings is 1. The summed E-state index contributed by atoms with van der Waals surface area (Å²) in [6.07, 6.45) is 1.82. The molecule has 1 unspecified atom stereocenters. The van der Waals surface area contributed by atoms with E-state index in [4.69, 9.17) is 7.85 Å². The summed E-state index contributed by atoms with van der Waals surface area (Å²) in [5, 5.41) is 0. The third kappa shape index (κ3) is 0.686. The van der Waals surface area contributed by atoms with Crippen molar-refractivity contribution in [2.45, 2.75) is 5.94 Å². The minimum absolute atomic E-state index is 0.129. The molecule has 0 aromatic heterocycles. The van der Waals surface area contributed by atoms with Crippen LogP contribution in [0.3, 0.4) is 0 Å². The Balaban J connectivity index is 2.59. The number of hydrogen-bond acceptors (Lipinski definition) is 1. The van der Waals surface area contributed by atoms with Gasteiger partial charge in [-0.15, -0.1) is 0 Å². The van der Waals surface area contributed by atoms with E-state index in [1.807, 2.05) is 30.5 Å². The monoisotopic (exact) mass is 127 g/mol. The average molecular weight is 127 g/mol. The molecule has 1 atom stereocenters. The molecule has 10 heavy (non-hydrogen) atoms. The number of hydrogen-bond donors (Lipinski definition) is 0. The van der Waals surface area contributed by atoms with Crippen LogP contribution < -0.4 is 0 Å². The zero-order valence-corrected chi connectivity index (χ0v) is 5.49. The van der Waals surface area contributed by atoms with Gasteiger partial charge in [0.2, 0.25) is 0 Å². The quantitative estimate of drug-likeness (QED) is 0.465. The summed E-state index contributed by atoms with van der Waals surface area (Å²) in [6, 6.07) is 8.00.